The molecule has 42 heavy (non-hydrogen) atoms. The third kappa shape index (κ3) is 5.73. The van der Waals surface area contributed by atoms with Crippen LogP contribution < -0.4 is 14.8 Å². The summed E-state index contributed by atoms with van der Waals surface area (Å²) in [4.78, 5) is 14.8. The smallest absolute Gasteiger partial charge is 0.263 e. The SMILES string of the molecule is N#CC1=C(NS(=O)(=O)c2ccc(Br)cc2)N(c2ccc(S(N)(=O)=O)cc2)C2=C(C(=O)CCC2)C1c1ccc(Cl)cc1Cl. The minimum Gasteiger partial charge on any atom is -0.299 e. The second-order valence-corrected chi connectivity index (χ2v) is 14.5. The number of halogens is 3. The largest absolute Gasteiger partial charge is 0.299 e. The number of carbonyl (C=O) groups is 1. The van der Waals surface area contributed by atoms with E-state index >= 15 is 0 Å². The molecule has 5 rings (SSSR count). The van der Waals surface area contributed by atoms with Crippen molar-refractivity contribution >= 4 is 70.6 Å². The quantitative estimate of drug-likeness (QED) is 0.332. The molecule has 3 N–H and O–H groups in total. The lowest BCUT2D eigenvalue weighted by Gasteiger charge is -2.41. The first kappa shape index (κ1) is 30.3. The van der Waals surface area contributed by atoms with E-state index in [-0.39, 0.29) is 38.4 Å². The molecule has 3 aromatic rings. The van der Waals surface area contributed by atoms with Gasteiger partial charge in [0.25, 0.3) is 10.0 Å². The molecular weight excluding hydrogens is 687 g/mol. The number of nitrogens with one attached hydrogen (secondary N) is 1. The Morgan fingerprint density at radius 3 is 2.19 bits per heavy atom. The zero-order valence-corrected chi connectivity index (χ0v) is 26.2. The summed E-state index contributed by atoms with van der Waals surface area (Å²) in [5, 5.41) is 16.4. The van der Waals surface area contributed by atoms with Gasteiger partial charge >= 0.3 is 0 Å². The number of sulfonamides is 2. The molecule has 9 nitrogen and oxygen atoms in total. The van der Waals surface area contributed by atoms with Crippen LogP contribution in [0, 0.1) is 11.3 Å². The summed E-state index contributed by atoms with van der Waals surface area (Å²) in [6, 6.07) is 18.1. The highest BCUT2D eigenvalue weighted by atomic mass is 79.9. The highest BCUT2D eigenvalue weighted by Gasteiger charge is 2.43. The molecule has 216 valence electrons. The molecule has 1 aliphatic heterocycles. The first-order chi connectivity index (χ1) is 19.8. The fraction of sp³-hybridized carbons (Fsp3) is 0.143. The molecule has 3 aromatic carbocycles. The Bertz CT molecular complexity index is 1940. The number of rotatable bonds is 6. The lowest BCUT2D eigenvalue weighted by atomic mass is 9.75. The van der Waals surface area contributed by atoms with Crippen molar-refractivity contribution in [3.05, 3.63) is 109 Å². The van der Waals surface area contributed by atoms with Gasteiger partial charge in [-0.1, -0.05) is 45.2 Å². The molecule has 14 heteroatoms. The molecule has 0 saturated heterocycles. The van der Waals surface area contributed by atoms with Crippen LogP contribution in [0.15, 0.2) is 104 Å². The maximum atomic E-state index is 13.7. The summed E-state index contributed by atoms with van der Waals surface area (Å²) >= 11 is 16.0. The van der Waals surface area contributed by atoms with Crippen molar-refractivity contribution in [1.29, 1.82) is 5.26 Å². The average Bonchev–Trinajstić information content (AvgIpc) is 2.92. The van der Waals surface area contributed by atoms with E-state index in [0.717, 1.165) is 0 Å². The predicted octanol–water partition coefficient (Wildman–Crippen LogP) is 5.73. The number of hydrogen-bond donors (Lipinski definition) is 2. The highest BCUT2D eigenvalue weighted by Crippen LogP contribution is 2.48. The number of nitrogens with zero attached hydrogens (tertiary/aromatic N) is 2. The minimum atomic E-state index is -4.26. The van der Waals surface area contributed by atoms with E-state index in [9.17, 15) is 26.9 Å². The molecule has 1 unspecified atom stereocenters. The van der Waals surface area contributed by atoms with Crippen molar-refractivity contribution in [2.75, 3.05) is 4.90 Å². The molecule has 1 atom stereocenters. The molecule has 0 radical (unpaired) electrons. The highest BCUT2D eigenvalue weighted by molar-refractivity contribution is 9.10. The van der Waals surface area contributed by atoms with Gasteiger partial charge < -0.3 is 0 Å². The molecular formula is C28H21BrCl2N4O5S2. The summed E-state index contributed by atoms with van der Waals surface area (Å²) in [6.45, 7) is 0. The van der Waals surface area contributed by atoms with E-state index in [1.54, 1.807) is 24.3 Å². The summed E-state index contributed by atoms with van der Waals surface area (Å²) in [5.41, 5.74) is 1.39. The summed E-state index contributed by atoms with van der Waals surface area (Å²) < 4.78 is 54.5. The lowest BCUT2D eigenvalue weighted by Crippen LogP contribution is -2.42. The summed E-state index contributed by atoms with van der Waals surface area (Å²) in [5.74, 6) is -1.33. The Kier molecular flexibility index (Phi) is 8.28. The Labute approximate surface area is 261 Å². The Morgan fingerprint density at radius 1 is 0.952 bits per heavy atom. The molecule has 1 heterocycles. The summed E-state index contributed by atoms with van der Waals surface area (Å²) in [7, 11) is -8.29. The van der Waals surface area contributed by atoms with E-state index in [1.165, 1.54) is 47.4 Å². The lowest BCUT2D eigenvalue weighted by molar-refractivity contribution is -0.116. The molecule has 2 aliphatic rings. The topological polar surface area (TPSA) is 150 Å². The molecule has 0 aromatic heterocycles. The molecule has 0 saturated carbocycles. The van der Waals surface area contributed by atoms with Gasteiger partial charge in [0.05, 0.1) is 27.4 Å². The molecule has 0 amide bonds. The number of primary sulfonamides is 1. The van der Waals surface area contributed by atoms with Crippen LogP contribution in [-0.2, 0) is 24.8 Å². The molecule has 0 bridgehead atoms. The van der Waals surface area contributed by atoms with Gasteiger partial charge in [0.2, 0.25) is 10.0 Å². The van der Waals surface area contributed by atoms with Crippen LogP contribution in [0.2, 0.25) is 10.0 Å². The first-order valence-electron chi connectivity index (χ1n) is 12.4. The van der Waals surface area contributed by atoms with Crippen LogP contribution in [-0.4, -0.2) is 22.6 Å². The van der Waals surface area contributed by atoms with E-state index in [1.807, 2.05) is 0 Å². The Balaban J connectivity index is 1.80. The number of benzene rings is 3. The third-order valence-corrected chi connectivity index (χ3v) is 10.3. The van der Waals surface area contributed by atoms with Gasteiger partial charge in [-0.25, -0.2) is 22.0 Å². The number of ketones is 1. The number of anilines is 1. The van der Waals surface area contributed by atoms with Gasteiger partial charge in [0.15, 0.2) is 5.78 Å². The second-order valence-electron chi connectivity index (χ2n) is 9.54. The zero-order valence-electron chi connectivity index (χ0n) is 21.5. The number of nitrogens with two attached hydrogens (primary N) is 1. The number of Topliss-reactive ketones (excluding diaryl/α,β-unsaturated/α-hetero) is 1. The minimum absolute atomic E-state index is 0.0689. The van der Waals surface area contributed by atoms with E-state index in [0.29, 0.717) is 44.9 Å². The number of hydrogen-bond acceptors (Lipinski definition) is 7. The monoisotopic (exact) mass is 706 g/mol. The zero-order chi connectivity index (χ0) is 30.4. The van der Waals surface area contributed by atoms with Crippen LogP contribution in [0.5, 0.6) is 0 Å². The van der Waals surface area contributed by atoms with Crippen LogP contribution >= 0.6 is 39.1 Å². The maximum absolute atomic E-state index is 13.7. The van der Waals surface area contributed by atoms with Crippen LogP contribution in [0.1, 0.15) is 30.7 Å². The number of carbonyl (C=O) groups excluding carboxylic acids is 1. The average molecular weight is 708 g/mol. The van der Waals surface area contributed by atoms with Crippen molar-refractivity contribution in [3.8, 4) is 6.07 Å². The van der Waals surface area contributed by atoms with Crippen molar-refractivity contribution in [3.63, 3.8) is 0 Å². The normalized spacial score (nSPS) is 17.6. The van der Waals surface area contributed by atoms with Crippen molar-refractivity contribution in [1.82, 2.24) is 4.72 Å². The van der Waals surface area contributed by atoms with Crippen molar-refractivity contribution < 1.29 is 21.6 Å². The Hall–Kier alpha value is -3.18. The predicted molar refractivity (Wildman–Crippen MR) is 162 cm³/mol. The van der Waals surface area contributed by atoms with Gasteiger partial charge in [-0.2, -0.15) is 5.26 Å². The molecule has 0 spiro atoms. The fourth-order valence-electron chi connectivity index (χ4n) is 5.08. The van der Waals surface area contributed by atoms with Gasteiger partial charge in [0.1, 0.15) is 5.82 Å². The number of allylic oxidation sites excluding steroid dienone is 3. The summed E-state index contributed by atoms with van der Waals surface area (Å²) in [6.07, 6.45) is 1.05. The van der Waals surface area contributed by atoms with Crippen LogP contribution in [0.25, 0.3) is 0 Å². The van der Waals surface area contributed by atoms with E-state index < -0.39 is 26.0 Å². The fourth-order valence-corrected chi connectivity index (χ4v) is 7.44. The second kappa shape index (κ2) is 11.5. The van der Waals surface area contributed by atoms with Crippen molar-refractivity contribution in [2.24, 2.45) is 5.14 Å². The standard InChI is InChI=1S/C28H21BrCl2N4O5S2/c29-16-4-9-20(10-5-16)42(39,40)34-28-22(15-32)26(21-13-6-17(30)14-23(21)31)27-24(2-1-3-25(27)36)35(28)18-7-11-19(12-8-18)41(33,37)38/h4-14,26,34H,1-3H2,(H2,33,37,38). The Morgan fingerprint density at radius 2 is 1.60 bits per heavy atom. The molecule has 1 aliphatic carbocycles. The van der Waals surface area contributed by atoms with Gasteiger partial charge in [-0.15, -0.1) is 0 Å². The van der Waals surface area contributed by atoms with Crippen LogP contribution in [0.3, 0.4) is 0 Å². The first-order valence-corrected chi connectivity index (χ1v) is 17.0. The number of nitriles is 1. The van der Waals surface area contributed by atoms with Gasteiger partial charge in [0, 0.05) is 37.9 Å². The third-order valence-electron chi connectivity index (χ3n) is 6.93. The van der Waals surface area contributed by atoms with Gasteiger partial charge in [-0.3, -0.25) is 14.4 Å². The van der Waals surface area contributed by atoms with Crippen molar-refractivity contribution in [2.45, 2.75) is 35.0 Å². The van der Waals surface area contributed by atoms with Crippen LogP contribution in [0.4, 0.5) is 5.69 Å². The van der Waals surface area contributed by atoms with E-state index in [2.05, 4.69) is 26.7 Å². The van der Waals surface area contributed by atoms with E-state index in [4.69, 9.17) is 28.3 Å². The maximum Gasteiger partial charge on any atom is 0.263 e. The molecule has 0 fully saturated rings. The van der Waals surface area contributed by atoms with Gasteiger partial charge in [-0.05, 0) is 79.1 Å².